The van der Waals surface area contributed by atoms with Gasteiger partial charge >= 0.3 is 0 Å². The smallest absolute Gasteiger partial charge is 0.0951 e. The molecule has 0 spiro atoms. The van der Waals surface area contributed by atoms with Gasteiger partial charge in [0.05, 0.1) is 12.0 Å². The third-order valence-corrected chi connectivity index (χ3v) is 2.68. The Morgan fingerprint density at radius 3 is 2.62 bits per heavy atom. The zero-order valence-corrected chi connectivity index (χ0v) is 9.72. The second-order valence-corrected chi connectivity index (χ2v) is 4.22. The first-order valence-corrected chi connectivity index (χ1v) is 5.48. The lowest BCUT2D eigenvalue weighted by Crippen LogP contribution is -2.12. The van der Waals surface area contributed by atoms with Gasteiger partial charge in [-0.05, 0) is 19.4 Å². The quantitative estimate of drug-likeness (QED) is 0.853. The van der Waals surface area contributed by atoms with Crippen LogP contribution in [0.1, 0.15) is 29.8 Å². The maximum absolute atomic E-state index is 5.88. The van der Waals surface area contributed by atoms with Crippen molar-refractivity contribution in [2.24, 2.45) is 5.73 Å². The van der Waals surface area contributed by atoms with Crippen molar-refractivity contribution in [1.82, 2.24) is 9.55 Å². The van der Waals surface area contributed by atoms with Crippen LogP contribution in [-0.2, 0) is 6.54 Å². The standard InChI is InChI=1S/C13H17N3/c1-10-3-5-12(6-4-10)8-16-9-15-7-13(16)11(2)14/h3-7,9,11H,8,14H2,1-2H3/t11-/m1/s1. The Hall–Kier alpha value is -1.61. The number of rotatable bonds is 3. The number of benzene rings is 1. The van der Waals surface area contributed by atoms with Gasteiger partial charge in [0, 0.05) is 18.8 Å². The van der Waals surface area contributed by atoms with E-state index in [1.165, 1.54) is 11.1 Å². The van der Waals surface area contributed by atoms with Gasteiger partial charge in [0.15, 0.2) is 0 Å². The number of hydrogen-bond acceptors (Lipinski definition) is 2. The van der Waals surface area contributed by atoms with Crippen LogP contribution in [0.5, 0.6) is 0 Å². The molecule has 0 amide bonds. The van der Waals surface area contributed by atoms with Gasteiger partial charge in [0.25, 0.3) is 0 Å². The number of nitrogens with zero attached hydrogens (tertiary/aromatic N) is 2. The van der Waals surface area contributed by atoms with E-state index in [1.807, 2.05) is 19.4 Å². The molecule has 84 valence electrons. The maximum atomic E-state index is 5.88. The molecule has 0 aliphatic carbocycles. The van der Waals surface area contributed by atoms with E-state index < -0.39 is 0 Å². The Kier molecular flexibility index (Phi) is 3.06. The molecule has 3 nitrogen and oxygen atoms in total. The average molecular weight is 215 g/mol. The van der Waals surface area contributed by atoms with Crippen molar-refractivity contribution in [2.45, 2.75) is 26.4 Å². The van der Waals surface area contributed by atoms with E-state index in [1.54, 1.807) is 0 Å². The molecule has 16 heavy (non-hydrogen) atoms. The highest BCUT2D eigenvalue weighted by atomic mass is 15.1. The molecule has 0 radical (unpaired) electrons. The zero-order valence-electron chi connectivity index (χ0n) is 9.72. The summed E-state index contributed by atoms with van der Waals surface area (Å²) >= 11 is 0. The Labute approximate surface area is 95.9 Å². The zero-order chi connectivity index (χ0) is 11.5. The van der Waals surface area contributed by atoms with E-state index in [0.717, 1.165) is 12.2 Å². The molecular weight excluding hydrogens is 198 g/mol. The van der Waals surface area contributed by atoms with Crippen molar-refractivity contribution in [3.8, 4) is 0 Å². The first-order valence-electron chi connectivity index (χ1n) is 5.48. The van der Waals surface area contributed by atoms with Gasteiger partial charge in [-0.2, -0.15) is 0 Å². The van der Waals surface area contributed by atoms with Crippen LogP contribution >= 0.6 is 0 Å². The molecule has 0 saturated heterocycles. The molecule has 3 heteroatoms. The average Bonchev–Trinajstić information content (AvgIpc) is 2.69. The lowest BCUT2D eigenvalue weighted by molar-refractivity contribution is 0.674. The molecule has 0 aliphatic rings. The van der Waals surface area contributed by atoms with E-state index in [-0.39, 0.29) is 6.04 Å². The Morgan fingerprint density at radius 1 is 1.31 bits per heavy atom. The van der Waals surface area contributed by atoms with E-state index in [0.29, 0.717) is 0 Å². The highest BCUT2D eigenvalue weighted by molar-refractivity contribution is 5.22. The predicted molar refractivity (Wildman–Crippen MR) is 65.1 cm³/mol. The summed E-state index contributed by atoms with van der Waals surface area (Å²) in [5.74, 6) is 0. The van der Waals surface area contributed by atoms with Crippen LogP contribution in [-0.4, -0.2) is 9.55 Å². The Bertz CT molecular complexity index is 454. The molecule has 1 aromatic carbocycles. The SMILES string of the molecule is Cc1ccc(Cn2cncc2[C@@H](C)N)cc1. The number of hydrogen-bond donors (Lipinski definition) is 1. The van der Waals surface area contributed by atoms with E-state index in [2.05, 4.69) is 40.7 Å². The molecule has 1 heterocycles. The van der Waals surface area contributed by atoms with Gasteiger partial charge in [0.2, 0.25) is 0 Å². The topological polar surface area (TPSA) is 43.8 Å². The minimum atomic E-state index is 0.0212. The van der Waals surface area contributed by atoms with Crippen molar-refractivity contribution in [1.29, 1.82) is 0 Å². The van der Waals surface area contributed by atoms with Gasteiger partial charge in [-0.25, -0.2) is 4.98 Å². The fraction of sp³-hybridized carbons (Fsp3) is 0.308. The molecule has 2 aromatic rings. The third-order valence-electron chi connectivity index (χ3n) is 2.68. The molecule has 2 N–H and O–H groups in total. The summed E-state index contributed by atoms with van der Waals surface area (Å²) < 4.78 is 2.09. The lowest BCUT2D eigenvalue weighted by Gasteiger charge is -2.10. The lowest BCUT2D eigenvalue weighted by atomic mass is 10.1. The molecule has 0 fully saturated rings. The van der Waals surface area contributed by atoms with Crippen LogP contribution in [0.25, 0.3) is 0 Å². The molecule has 1 aromatic heterocycles. The minimum absolute atomic E-state index is 0.0212. The summed E-state index contributed by atoms with van der Waals surface area (Å²) in [4.78, 5) is 4.14. The van der Waals surface area contributed by atoms with Crippen molar-refractivity contribution in [2.75, 3.05) is 0 Å². The summed E-state index contributed by atoms with van der Waals surface area (Å²) in [6.07, 6.45) is 3.66. The maximum Gasteiger partial charge on any atom is 0.0951 e. The fourth-order valence-corrected chi connectivity index (χ4v) is 1.73. The molecule has 0 bridgehead atoms. The van der Waals surface area contributed by atoms with E-state index in [9.17, 15) is 0 Å². The molecule has 1 atom stereocenters. The summed E-state index contributed by atoms with van der Waals surface area (Å²) in [6, 6.07) is 8.55. The molecule has 2 rings (SSSR count). The molecular formula is C13H17N3. The number of aromatic nitrogens is 2. The van der Waals surface area contributed by atoms with Crippen LogP contribution in [0.15, 0.2) is 36.8 Å². The van der Waals surface area contributed by atoms with Crippen molar-refractivity contribution in [3.63, 3.8) is 0 Å². The van der Waals surface area contributed by atoms with Crippen LogP contribution in [0, 0.1) is 6.92 Å². The second kappa shape index (κ2) is 4.49. The molecule has 0 aliphatic heterocycles. The highest BCUT2D eigenvalue weighted by Crippen LogP contribution is 2.12. The van der Waals surface area contributed by atoms with Crippen molar-refractivity contribution >= 4 is 0 Å². The van der Waals surface area contributed by atoms with Crippen LogP contribution in [0.3, 0.4) is 0 Å². The third kappa shape index (κ3) is 2.31. The first kappa shape index (κ1) is 10.9. The van der Waals surface area contributed by atoms with Gasteiger partial charge in [-0.1, -0.05) is 29.8 Å². The van der Waals surface area contributed by atoms with Gasteiger partial charge < -0.3 is 10.3 Å². The molecule has 0 saturated carbocycles. The van der Waals surface area contributed by atoms with Crippen molar-refractivity contribution in [3.05, 3.63) is 53.6 Å². The van der Waals surface area contributed by atoms with Gasteiger partial charge in [-0.3, -0.25) is 0 Å². The molecule has 0 unspecified atom stereocenters. The normalized spacial score (nSPS) is 12.7. The number of nitrogens with two attached hydrogens (primary N) is 1. The number of aryl methyl sites for hydroxylation is 1. The summed E-state index contributed by atoms with van der Waals surface area (Å²) in [6.45, 7) is 4.90. The van der Waals surface area contributed by atoms with Gasteiger partial charge in [0.1, 0.15) is 0 Å². The fourth-order valence-electron chi connectivity index (χ4n) is 1.73. The number of imidazole rings is 1. The van der Waals surface area contributed by atoms with Crippen LogP contribution in [0.2, 0.25) is 0 Å². The summed E-state index contributed by atoms with van der Waals surface area (Å²) in [5, 5.41) is 0. The summed E-state index contributed by atoms with van der Waals surface area (Å²) in [7, 11) is 0. The van der Waals surface area contributed by atoms with E-state index in [4.69, 9.17) is 5.73 Å². The second-order valence-electron chi connectivity index (χ2n) is 4.22. The van der Waals surface area contributed by atoms with Gasteiger partial charge in [-0.15, -0.1) is 0 Å². The Morgan fingerprint density at radius 2 is 2.00 bits per heavy atom. The predicted octanol–water partition coefficient (Wildman–Crippen LogP) is 2.26. The summed E-state index contributed by atoms with van der Waals surface area (Å²) in [5.41, 5.74) is 9.49. The monoisotopic (exact) mass is 215 g/mol. The van der Waals surface area contributed by atoms with Crippen LogP contribution in [0.4, 0.5) is 0 Å². The Balaban J connectivity index is 2.20. The first-order chi connectivity index (χ1) is 7.66. The van der Waals surface area contributed by atoms with Crippen LogP contribution < -0.4 is 5.73 Å². The largest absolute Gasteiger partial charge is 0.329 e. The van der Waals surface area contributed by atoms with E-state index >= 15 is 0 Å². The highest BCUT2D eigenvalue weighted by Gasteiger charge is 2.06. The van der Waals surface area contributed by atoms with Crippen molar-refractivity contribution < 1.29 is 0 Å². The minimum Gasteiger partial charge on any atom is -0.329 e.